The zero-order valence-electron chi connectivity index (χ0n) is 13.7. The van der Waals surface area contributed by atoms with Crippen LogP contribution in [0.3, 0.4) is 0 Å². The summed E-state index contributed by atoms with van der Waals surface area (Å²) in [5, 5.41) is 0. The molecule has 0 radical (unpaired) electrons. The summed E-state index contributed by atoms with van der Waals surface area (Å²) in [4.78, 5) is 10.8. The van der Waals surface area contributed by atoms with Gasteiger partial charge < -0.3 is 9.47 Å². The van der Waals surface area contributed by atoms with Crippen LogP contribution in [0.25, 0.3) is 0 Å². The van der Waals surface area contributed by atoms with Gasteiger partial charge in [-0.25, -0.2) is 0 Å². The van der Waals surface area contributed by atoms with Crippen molar-refractivity contribution in [2.75, 3.05) is 0 Å². The first-order valence-electron chi connectivity index (χ1n) is 8.11. The molecule has 1 saturated heterocycles. The van der Waals surface area contributed by atoms with Crippen LogP contribution in [0.4, 0.5) is 0 Å². The van der Waals surface area contributed by atoms with Crippen molar-refractivity contribution in [2.24, 2.45) is 0 Å². The van der Waals surface area contributed by atoms with Crippen molar-refractivity contribution in [1.82, 2.24) is 0 Å². The fourth-order valence-corrected chi connectivity index (χ4v) is 2.18. The standard InChI is InChI=1S/C19H26O3/c1-4-6-7-8-11-14-18-19(22-18)15-12-9-10-13-17(5-2)21-16(3)20/h5,17-19H,2,4,6-8,11,14-15H2,1,3H3/t17-,18+,19-/m1/s1. The molecule has 1 rings (SSSR count). The van der Waals surface area contributed by atoms with Crippen LogP contribution in [0.5, 0.6) is 0 Å². The first-order valence-corrected chi connectivity index (χ1v) is 8.11. The van der Waals surface area contributed by atoms with E-state index >= 15 is 0 Å². The van der Waals surface area contributed by atoms with Gasteiger partial charge in [0, 0.05) is 13.3 Å². The monoisotopic (exact) mass is 302 g/mol. The van der Waals surface area contributed by atoms with E-state index in [2.05, 4.69) is 37.2 Å². The third kappa shape index (κ3) is 8.55. The van der Waals surface area contributed by atoms with Gasteiger partial charge in [-0.05, 0) is 30.3 Å². The second-order valence-corrected chi connectivity index (χ2v) is 5.46. The predicted molar refractivity (Wildman–Crippen MR) is 88.0 cm³/mol. The largest absolute Gasteiger partial charge is 0.445 e. The topological polar surface area (TPSA) is 38.8 Å². The highest BCUT2D eigenvalue weighted by Gasteiger charge is 2.36. The molecule has 120 valence electrons. The summed E-state index contributed by atoms with van der Waals surface area (Å²) >= 11 is 0. The lowest BCUT2D eigenvalue weighted by molar-refractivity contribution is -0.142. The van der Waals surface area contributed by atoms with Gasteiger partial charge in [-0.2, -0.15) is 0 Å². The average Bonchev–Trinajstić information content (AvgIpc) is 3.23. The zero-order chi connectivity index (χ0) is 16.2. The Bertz CT molecular complexity index is 472. The second-order valence-electron chi connectivity index (χ2n) is 5.46. The van der Waals surface area contributed by atoms with E-state index in [1.54, 1.807) is 0 Å². The quantitative estimate of drug-likeness (QED) is 0.215. The number of ether oxygens (including phenoxy) is 2. The number of hydrogen-bond acceptors (Lipinski definition) is 3. The molecule has 0 amide bonds. The molecule has 0 saturated carbocycles. The van der Waals surface area contributed by atoms with Gasteiger partial charge in [0.1, 0.15) is 0 Å². The molecule has 0 aliphatic carbocycles. The van der Waals surface area contributed by atoms with Gasteiger partial charge >= 0.3 is 5.97 Å². The van der Waals surface area contributed by atoms with Gasteiger partial charge in [-0.15, -0.1) is 0 Å². The highest BCUT2D eigenvalue weighted by Crippen LogP contribution is 2.29. The molecule has 1 heterocycles. The van der Waals surface area contributed by atoms with Crippen LogP contribution in [-0.4, -0.2) is 24.3 Å². The molecule has 22 heavy (non-hydrogen) atoms. The summed E-state index contributed by atoms with van der Waals surface area (Å²) < 4.78 is 10.5. The van der Waals surface area contributed by atoms with Crippen LogP contribution < -0.4 is 0 Å². The average molecular weight is 302 g/mol. The summed E-state index contributed by atoms with van der Waals surface area (Å²) in [6, 6.07) is 0. The summed E-state index contributed by atoms with van der Waals surface area (Å²) in [7, 11) is 0. The van der Waals surface area contributed by atoms with Gasteiger partial charge in [0.25, 0.3) is 0 Å². The molecule has 0 spiro atoms. The molecule has 0 aromatic heterocycles. The fourth-order valence-electron chi connectivity index (χ4n) is 2.18. The molecule has 3 atom stereocenters. The molecule has 0 aromatic carbocycles. The van der Waals surface area contributed by atoms with Crippen LogP contribution in [0.2, 0.25) is 0 Å². The van der Waals surface area contributed by atoms with E-state index in [9.17, 15) is 4.79 Å². The Labute approximate surface area is 134 Å². The lowest BCUT2D eigenvalue weighted by Crippen LogP contribution is -2.10. The van der Waals surface area contributed by atoms with Gasteiger partial charge in [-0.3, -0.25) is 4.79 Å². The number of epoxide rings is 1. The molecule has 0 bridgehead atoms. The van der Waals surface area contributed by atoms with Crippen molar-refractivity contribution in [3.05, 3.63) is 12.7 Å². The van der Waals surface area contributed by atoms with E-state index in [1.807, 2.05) is 0 Å². The fraction of sp³-hybridized carbons (Fsp3) is 0.632. The molecule has 1 fully saturated rings. The summed E-state index contributed by atoms with van der Waals surface area (Å²) in [6.45, 7) is 7.13. The molecule has 0 unspecified atom stereocenters. The molecule has 3 nitrogen and oxygen atoms in total. The Morgan fingerprint density at radius 3 is 2.73 bits per heavy atom. The van der Waals surface area contributed by atoms with Crippen molar-refractivity contribution >= 4 is 5.97 Å². The zero-order valence-corrected chi connectivity index (χ0v) is 13.7. The maximum Gasteiger partial charge on any atom is 0.304 e. The van der Waals surface area contributed by atoms with E-state index in [1.165, 1.54) is 45.1 Å². The molecular weight excluding hydrogens is 276 g/mol. The number of unbranched alkanes of at least 4 members (excludes halogenated alkanes) is 4. The van der Waals surface area contributed by atoms with Crippen LogP contribution in [0.15, 0.2) is 12.7 Å². The number of carbonyl (C=O) groups excluding carboxylic acids is 1. The van der Waals surface area contributed by atoms with Crippen molar-refractivity contribution in [1.29, 1.82) is 0 Å². The number of esters is 1. The van der Waals surface area contributed by atoms with Gasteiger partial charge in [-0.1, -0.05) is 51.5 Å². The minimum Gasteiger partial charge on any atom is -0.445 e. The summed E-state index contributed by atoms with van der Waals surface area (Å²) in [5.74, 6) is 10.8. The third-order valence-electron chi connectivity index (χ3n) is 3.46. The Balaban J connectivity index is 2.13. The highest BCUT2D eigenvalue weighted by molar-refractivity contribution is 5.66. The second kappa shape index (κ2) is 10.9. The van der Waals surface area contributed by atoms with Gasteiger partial charge in [0.15, 0.2) is 6.10 Å². The van der Waals surface area contributed by atoms with Crippen molar-refractivity contribution < 1.29 is 14.3 Å². The van der Waals surface area contributed by atoms with Crippen molar-refractivity contribution in [2.45, 2.75) is 77.1 Å². The number of carbonyl (C=O) groups is 1. The number of rotatable bonds is 9. The first-order chi connectivity index (χ1) is 10.7. The van der Waals surface area contributed by atoms with E-state index in [4.69, 9.17) is 9.47 Å². The van der Waals surface area contributed by atoms with Crippen LogP contribution in [-0.2, 0) is 14.3 Å². The predicted octanol–water partition coefficient (Wildman–Crippen LogP) is 3.63. The minimum atomic E-state index is -0.583. The Morgan fingerprint density at radius 2 is 2.05 bits per heavy atom. The molecule has 3 heteroatoms. The normalized spacial score (nSPS) is 19.9. The molecule has 1 aliphatic rings. The molecular formula is C19H26O3. The van der Waals surface area contributed by atoms with Crippen LogP contribution >= 0.6 is 0 Å². The first kappa shape index (κ1) is 18.3. The van der Waals surface area contributed by atoms with E-state index in [0.717, 1.165) is 12.8 Å². The van der Waals surface area contributed by atoms with Gasteiger partial charge in [0.05, 0.1) is 12.2 Å². The third-order valence-corrected chi connectivity index (χ3v) is 3.46. The molecule has 0 aromatic rings. The maximum atomic E-state index is 10.8. The van der Waals surface area contributed by atoms with Crippen molar-refractivity contribution in [3.63, 3.8) is 0 Å². The molecule has 0 N–H and O–H groups in total. The molecule has 1 aliphatic heterocycles. The smallest absolute Gasteiger partial charge is 0.304 e. The van der Waals surface area contributed by atoms with E-state index in [-0.39, 0.29) is 12.1 Å². The lowest BCUT2D eigenvalue weighted by atomic mass is 10.1. The van der Waals surface area contributed by atoms with Crippen LogP contribution in [0, 0.1) is 23.7 Å². The van der Waals surface area contributed by atoms with Gasteiger partial charge in [0.2, 0.25) is 0 Å². The van der Waals surface area contributed by atoms with Crippen molar-refractivity contribution in [3.8, 4) is 23.7 Å². The van der Waals surface area contributed by atoms with Crippen LogP contribution in [0.1, 0.15) is 58.8 Å². The highest BCUT2D eigenvalue weighted by atomic mass is 16.6. The minimum absolute atomic E-state index is 0.282. The lowest BCUT2D eigenvalue weighted by Gasteiger charge is -2.03. The van der Waals surface area contributed by atoms with E-state index < -0.39 is 6.10 Å². The Kier molecular flexibility index (Phi) is 9.12. The summed E-state index contributed by atoms with van der Waals surface area (Å²) in [5.41, 5.74) is 0. The Hall–Kier alpha value is -1.71. The maximum absolute atomic E-state index is 10.8. The SMILES string of the molecule is C=C[C@H](C#CC#CC[C@H]1O[C@H]1CCCCCCC)OC(C)=O. The van der Waals surface area contributed by atoms with E-state index in [0.29, 0.717) is 6.10 Å². The number of hydrogen-bond donors (Lipinski definition) is 0. The Morgan fingerprint density at radius 1 is 1.27 bits per heavy atom. The summed E-state index contributed by atoms with van der Waals surface area (Å²) in [6.07, 6.45) is 9.93.